The largest absolute Gasteiger partial charge is 0.393 e. The lowest BCUT2D eigenvalue weighted by Crippen LogP contribution is -2.42. The van der Waals surface area contributed by atoms with Crippen molar-refractivity contribution in [3.05, 3.63) is 54.6 Å². The van der Waals surface area contributed by atoms with Crippen LogP contribution < -0.4 is 0 Å². The predicted molar refractivity (Wildman–Crippen MR) is 74.2 cm³/mol. The molecular formula is C16H20O2. The Kier molecular flexibility index (Phi) is 4.00. The number of benzene rings is 1. The van der Waals surface area contributed by atoms with Gasteiger partial charge < -0.3 is 9.84 Å². The zero-order chi connectivity index (χ0) is 13.0. The fourth-order valence-corrected chi connectivity index (χ4v) is 2.35. The normalized spacial score (nSPS) is 32.6. The first-order chi connectivity index (χ1) is 8.61. The van der Waals surface area contributed by atoms with Gasteiger partial charge in [-0.05, 0) is 12.5 Å². The van der Waals surface area contributed by atoms with Gasteiger partial charge in [0.2, 0.25) is 0 Å². The molecule has 2 nitrogen and oxygen atoms in total. The molecule has 3 atom stereocenters. The van der Waals surface area contributed by atoms with Crippen molar-refractivity contribution in [2.45, 2.75) is 37.6 Å². The minimum absolute atomic E-state index is 0.0702. The third kappa shape index (κ3) is 3.31. The fourth-order valence-electron chi connectivity index (χ4n) is 2.35. The van der Waals surface area contributed by atoms with Crippen LogP contribution in [0.2, 0.25) is 0 Å². The van der Waals surface area contributed by atoms with E-state index in [-0.39, 0.29) is 12.2 Å². The van der Waals surface area contributed by atoms with E-state index < -0.39 is 5.60 Å². The van der Waals surface area contributed by atoms with Crippen molar-refractivity contribution in [2.75, 3.05) is 0 Å². The quantitative estimate of drug-likeness (QED) is 0.827. The Morgan fingerprint density at radius 3 is 2.78 bits per heavy atom. The van der Waals surface area contributed by atoms with Gasteiger partial charge in [0.25, 0.3) is 0 Å². The number of hydrogen-bond donors (Lipinski definition) is 1. The SMILES string of the molecule is C=C[C@H]1C[C@@H](O)C[C@@](C)(/C=C/c2ccccc2)O1. The zero-order valence-corrected chi connectivity index (χ0v) is 10.8. The smallest absolute Gasteiger partial charge is 0.0870 e. The Labute approximate surface area is 109 Å². The lowest BCUT2D eigenvalue weighted by molar-refractivity contribution is -0.109. The van der Waals surface area contributed by atoms with Crippen LogP contribution in [0, 0.1) is 0 Å². The van der Waals surface area contributed by atoms with Gasteiger partial charge in [-0.2, -0.15) is 0 Å². The number of rotatable bonds is 3. The van der Waals surface area contributed by atoms with Crippen LogP contribution >= 0.6 is 0 Å². The van der Waals surface area contributed by atoms with Gasteiger partial charge in [-0.15, -0.1) is 6.58 Å². The molecule has 1 heterocycles. The molecule has 1 fully saturated rings. The molecule has 0 spiro atoms. The fraction of sp³-hybridized carbons (Fsp3) is 0.375. The van der Waals surface area contributed by atoms with Crippen LogP contribution in [0.5, 0.6) is 0 Å². The summed E-state index contributed by atoms with van der Waals surface area (Å²) in [5, 5.41) is 9.88. The van der Waals surface area contributed by atoms with Crippen molar-refractivity contribution in [3.8, 4) is 0 Å². The van der Waals surface area contributed by atoms with Gasteiger partial charge in [-0.3, -0.25) is 0 Å². The highest BCUT2D eigenvalue weighted by molar-refractivity contribution is 5.50. The zero-order valence-electron chi connectivity index (χ0n) is 10.8. The molecule has 1 aliphatic heterocycles. The number of hydrogen-bond acceptors (Lipinski definition) is 2. The van der Waals surface area contributed by atoms with E-state index in [4.69, 9.17) is 4.74 Å². The molecule has 0 radical (unpaired) electrons. The Bertz CT molecular complexity index is 424. The Hall–Kier alpha value is -1.38. The molecule has 1 aliphatic rings. The van der Waals surface area contributed by atoms with Gasteiger partial charge in [0.05, 0.1) is 17.8 Å². The highest BCUT2D eigenvalue weighted by Crippen LogP contribution is 2.31. The third-order valence-electron chi connectivity index (χ3n) is 3.26. The van der Waals surface area contributed by atoms with Crippen molar-refractivity contribution in [3.63, 3.8) is 0 Å². The molecule has 0 unspecified atom stereocenters. The molecule has 2 rings (SSSR count). The summed E-state index contributed by atoms with van der Waals surface area (Å²) in [5.41, 5.74) is 0.712. The lowest BCUT2D eigenvalue weighted by Gasteiger charge is -2.38. The standard InChI is InChI=1S/C16H20O2/c1-3-15-11-14(17)12-16(2,18-15)10-9-13-7-5-4-6-8-13/h3-10,14-15,17H,1,11-12H2,2H3/b10-9+/t14-,15+,16-/m1/s1. The van der Waals surface area contributed by atoms with Gasteiger partial charge in [-0.1, -0.05) is 48.6 Å². The number of ether oxygens (including phenoxy) is 1. The van der Waals surface area contributed by atoms with Gasteiger partial charge in [-0.25, -0.2) is 0 Å². The van der Waals surface area contributed by atoms with Crippen molar-refractivity contribution < 1.29 is 9.84 Å². The van der Waals surface area contributed by atoms with Crippen LogP contribution in [-0.2, 0) is 4.74 Å². The van der Waals surface area contributed by atoms with Gasteiger partial charge in [0.15, 0.2) is 0 Å². The van der Waals surface area contributed by atoms with Crippen molar-refractivity contribution in [1.29, 1.82) is 0 Å². The maximum Gasteiger partial charge on any atom is 0.0870 e. The van der Waals surface area contributed by atoms with E-state index in [9.17, 15) is 5.11 Å². The minimum Gasteiger partial charge on any atom is -0.393 e. The first kappa shape index (κ1) is 13.1. The van der Waals surface area contributed by atoms with Crippen molar-refractivity contribution in [1.82, 2.24) is 0 Å². The molecule has 0 amide bonds. The monoisotopic (exact) mass is 244 g/mol. The molecule has 1 aromatic rings. The second-order valence-electron chi connectivity index (χ2n) is 5.04. The molecule has 0 aromatic heterocycles. The van der Waals surface area contributed by atoms with Crippen molar-refractivity contribution >= 4 is 6.08 Å². The second kappa shape index (κ2) is 5.51. The molecule has 1 aromatic carbocycles. The van der Waals surface area contributed by atoms with Crippen LogP contribution in [0.3, 0.4) is 0 Å². The highest BCUT2D eigenvalue weighted by Gasteiger charge is 2.34. The first-order valence-electron chi connectivity index (χ1n) is 6.34. The maximum absolute atomic E-state index is 9.88. The predicted octanol–water partition coefficient (Wildman–Crippen LogP) is 3.18. The minimum atomic E-state index is -0.424. The van der Waals surface area contributed by atoms with Crippen molar-refractivity contribution in [2.24, 2.45) is 0 Å². The van der Waals surface area contributed by atoms with Crippen LogP contribution in [-0.4, -0.2) is 22.9 Å². The van der Waals surface area contributed by atoms with E-state index in [0.717, 1.165) is 5.56 Å². The summed E-state index contributed by atoms with van der Waals surface area (Å²) >= 11 is 0. The summed E-state index contributed by atoms with van der Waals surface area (Å²) in [6, 6.07) is 10.1. The third-order valence-corrected chi connectivity index (χ3v) is 3.26. The summed E-state index contributed by atoms with van der Waals surface area (Å²) in [5.74, 6) is 0. The maximum atomic E-state index is 9.88. The van der Waals surface area contributed by atoms with Crippen LogP contribution in [0.15, 0.2) is 49.1 Å². The van der Waals surface area contributed by atoms with E-state index in [1.165, 1.54) is 0 Å². The van der Waals surface area contributed by atoms with Crippen LogP contribution in [0.1, 0.15) is 25.3 Å². The molecule has 1 saturated heterocycles. The molecule has 0 saturated carbocycles. The summed E-state index contributed by atoms with van der Waals surface area (Å²) < 4.78 is 5.95. The molecular weight excluding hydrogens is 224 g/mol. The number of aliphatic hydroxyl groups excluding tert-OH is 1. The van der Waals surface area contributed by atoms with Gasteiger partial charge in [0.1, 0.15) is 0 Å². The summed E-state index contributed by atoms with van der Waals surface area (Å²) in [4.78, 5) is 0. The summed E-state index contributed by atoms with van der Waals surface area (Å²) in [6.45, 7) is 5.75. The van der Waals surface area contributed by atoms with Crippen LogP contribution in [0.25, 0.3) is 6.08 Å². The summed E-state index contributed by atoms with van der Waals surface area (Å²) in [7, 11) is 0. The molecule has 2 heteroatoms. The molecule has 96 valence electrons. The van der Waals surface area contributed by atoms with Gasteiger partial charge >= 0.3 is 0 Å². The Morgan fingerprint density at radius 2 is 2.11 bits per heavy atom. The topological polar surface area (TPSA) is 29.5 Å². The molecule has 1 N–H and O–H groups in total. The Morgan fingerprint density at radius 1 is 1.39 bits per heavy atom. The van der Waals surface area contributed by atoms with Crippen LogP contribution in [0.4, 0.5) is 0 Å². The van der Waals surface area contributed by atoms with E-state index in [0.29, 0.717) is 12.8 Å². The van der Waals surface area contributed by atoms with E-state index in [1.54, 1.807) is 6.08 Å². The summed E-state index contributed by atoms with van der Waals surface area (Å²) in [6.07, 6.45) is 6.70. The number of aliphatic hydroxyl groups is 1. The van der Waals surface area contributed by atoms with E-state index in [1.807, 2.05) is 49.4 Å². The average Bonchev–Trinajstić information content (AvgIpc) is 2.37. The lowest BCUT2D eigenvalue weighted by atomic mass is 9.90. The molecule has 0 aliphatic carbocycles. The average molecular weight is 244 g/mol. The van der Waals surface area contributed by atoms with E-state index in [2.05, 4.69) is 6.58 Å². The van der Waals surface area contributed by atoms with Gasteiger partial charge in [0, 0.05) is 12.8 Å². The Balaban J connectivity index is 2.11. The first-order valence-corrected chi connectivity index (χ1v) is 6.34. The molecule has 18 heavy (non-hydrogen) atoms. The highest BCUT2D eigenvalue weighted by atomic mass is 16.5. The van der Waals surface area contributed by atoms with E-state index >= 15 is 0 Å². The second-order valence-corrected chi connectivity index (χ2v) is 5.04. The molecule has 0 bridgehead atoms.